The molecule has 0 radical (unpaired) electrons. The number of pyridine rings is 1. The van der Waals surface area contributed by atoms with Gasteiger partial charge in [-0.1, -0.05) is 25.3 Å². The van der Waals surface area contributed by atoms with E-state index in [9.17, 15) is 0 Å². The van der Waals surface area contributed by atoms with Crippen molar-refractivity contribution in [3.8, 4) is 0 Å². The number of rotatable bonds is 4. The first-order valence-corrected chi connectivity index (χ1v) is 7.91. The summed E-state index contributed by atoms with van der Waals surface area (Å²) in [7, 11) is 0. The fourth-order valence-electron chi connectivity index (χ4n) is 2.57. The maximum absolute atomic E-state index is 5.83. The van der Waals surface area contributed by atoms with Gasteiger partial charge in [0.15, 0.2) is 0 Å². The van der Waals surface area contributed by atoms with Crippen molar-refractivity contribution >= 4 is 11.8 Å². The summed E-state index contributed by atoms with van der Waals surface area (Å²) < 4.78 is 0. The lowest BCUT2D eigenvalue weighted by molar-refractivity contribution is 0.515. The van der Waals surface area contributed by atoms with E-state index < -0.39 is 0 Å². The molecule has 1 fully saturated rings. The number of nitrogens with zero attached hydrogens (tertiary/aromatic N) is 1. The molecule has 2 rings (SSSR count). The molecule has 0 aliphatic heterocycles. The Kier molecular flexibility index (Phi) is 5.07. The molecule has 0 saturated heterocycles. The second-order valence-electron chi connectivity index (χ2n) is 5.52. The number of nitrogens with two attached hydrogens (primary N) is 1. The number of hydrogen-bond donors (Lipinski definition) is 1. The number of thioether (sulfide) groups is 1. The van der Waals surface area contributed by atoms with Crippen molar-refractivity contribution in [1.29, 1.82) is 0 Å². The van der Waals surface area contributed by atoms with E-state index in [-0.39, 0.29) is 6.04 Å². The third kappa shape index (κ3) is 3.99. The molecule has 1 saturated carbocycles. The molecular formula is C15H24N2S. The Morgan fingerprint density at radius 3 is 2.72 bits per heavy atom. The monoisotopic (exact) mass is 264 g/mol. The lowest BCUT2D eigenvalue weighted by Gasteiger charge is -2.21. The van der Waals surface area contributed by atoms with Crippen molar-refractivity contribution in [1.82, 2.24) is 4.98 Å². The Balaban J connectivity index is 2.00. The van der Waals surface area contributed by atoms with Crippen LogP contribution in [0.2, 0.25) is 0 Å². The lowest BCUT2D eigenvalue weighted by Crippen LogP contribution is -2.18. The minimum Gasteiger partial charge on any atom is -0.328 e. The summed E-state index contributed by atoms with van der Waals surface area (Å²) in [6, 6.07) is 2.46. The van der Waals surface area contributed by atoms with E-state index in [0.717, 1.165) is 11.7 Å². The zero-order valence-corrected chi connectivity index (χ0v) is 12.3. The van der Waals surface area contributed by atoms with Crippen LogP contribution in [0.25, 0.3) is 0 Å². The van der Waals surface area contributed by atoms with E-state index in [4.69, 9.17) is 5.73 Å². The molecule has 1 atom stereocenters. The first-order valence-electron chi connectivity index (χ1n) is 7.03. The van der Waals surface area contributed by atoms with Crippen LogP contribution in [0.5, 0.6) is 0 Å². The van der Waals surface area contributed by atoms with Crippen molar-refractivity contribution in [3.05, 3.63) is 23.4 Å². The van der Waals surface area contributed by atoms with Gasteiger partial charge in [0.25, 0.3) is 0 Å². The van der Waals surface area contributed by atoms with Crippen LogP contribution in [0.1, 0.15) is 50.2 Å². The van der Waals surface area contributed by atoms with E-state index in [2.05, 4.69) is 18.0 Å². The van der Waals surface area contributed by atoms with E-state index in [0.29, 0.717) is 0 Å². The molecular weight excluding hydrogens is 240 g/mol. The van der Waals surface area contributed by atoms with Gasteiger partial charge in [0.05, 0.1) is 5.03 Å². The largest absolute Gasteiger partial charge is 0.328 e. The van der Waals surface area contributed by atoms with Crippen LogP contribution in [0, 0.1) is 6.92 Å². The highest BCUT2D eigenvalue weighted by Crippen LogP contribution is 2.34. The predicted molar refractivity (Wildman–Crippen MR) is 79.1 cm³/mol. The molecule has 0 spiro atoms. The Hall–Kier alpha value is -0.540. The highest BCUT2D eigenvalue weighted by Gasteiger charge is 2.16. The predicted octanol–water partition coefficient (Wildman–Crippen LogP) is 3.70. The molecule has 1 aromatic rings. The van der Waals surface area contributed by atoms with Crippen molar-refractivity contribution in [2.45, 2.75) is 68.7 Å². The smallest absolute Gasteiger partial charge is 0.0991 e. The summed E-state index contributed by atoms with van der Waals surface area (Å²) in [5, 5.41) is 2.00. The van der Waals surface area contributed by atoms with Crippen LogP contribution in [-0.4, -0.2) is 16.3 Å². The average Bonchev–Trinajstić information content (AvgIpc) is 2.33. The van der Waals surface area contributed by atoms with Crippen LogP contribution >= 0.6 is 11.8 Å². The highest BCUT2D eigenvalue weighted by molar-refractivity contribution is 7.99. The van der Waals surface area contributed by atoms with Crippen molar-refractivity contribution < 1.29 is 0 Å². The van der Waals surface area contributed by atoms with Gasteiger partial charge in [0.1, 0.15) is 0 Å². The zero-order valence-electron chi connectivity index (χ0n) is 11.5. The van der Waals surface area contributed by atoms with Gasteiger partial charge in [-0.2, -0.15) is 0 Å². The van der Waals surface area contributed by atoms with Crippen LogP contribution in [0.4, 0.5) is 0 Å². The minimum absolute atomic E-state index is 0.211. The van der Waals surface area contributed by atoms with E-state index in [1.165, 1.54) is 48.3 Å². The molecule has 0 aromatic carbocycles. The molecule has 1 heterocycles. The fraction of sp³-hybridized carbons (Fsp3) is 0.667. The summed E-state index contributed by atoms with van der Waals surface area (Å²) >= 11 is 1.98. The number of aromatic nitrogens is 1. The zero-order chi connectivity index (χ0) is 13.0. The standard InChI is InChI=1S/C15H24N2S/c1-11-8-13(9-12(2)16)10-17-15(11)18-14-6-4-3-5-7-14/h8,10,12,14H,3-7,9,16H2,1-2H3. The van der Waals surface area contributed by atoms with Gasteiger partial charge in [0.2, 0.25) is 0 Å². The van der Waals surface area contributed by atoms with E-state index in [1.54, 1.807) is 0 Å². The van der Waals surface area contributed by atoms with Crippen molar-refractivity contribution in [2.24, 2.45) is 5.73 Å². The quantitative estimate of drug-likeness (QED) is 0.901. The second kappa shape index (κ2) is 6.58. The summed E-state index contributed by atoms with van der Waals surface area (Å²) in [5.41, 5.74) is 8.40. The van der Waals surface area contributed by atoms with Gasteiger partial charge in [-0.3, -0.25) is 0 Å². The third-order valence-corrected chi connectivity index (χ3v) is 4.93. The van der Waals surface area contributed by atoms with Crippen LogP contribution < -0.4 is 5.73 Å². The third-order valence-electron chi connectivity index (χ3n) is 3.48. The van der Waals surface area contributed by atoms with Gasteiger partial charge in [-0.05, 0) is 44.2 Å². The summed E-state index contributed by atoms with van der Waals surface area (Å²) in [5.74, 6) is 0. The van der Waals surface area contributed by atoms with Crippen LogP contribution in [0.15, 0.2) is 17.3 Å². The summed E-state index contributed by atoms with van der Waals surface area (Å²) in [6.07, 6.45) is 9.82. The molecule has 100 valence electrons. The molecule has 18 heavy (non-hydrogen) atoms. The molecule has 0 amide bonds. The molecule has 1 unspecified atom stereocenters. The fourth-order valence-corrected chi connectivity index (χ4v) is 3.81. The minimum atomic E-state index is 0.211. The molecule has 1 aromatic heterocycles. The first kappa shape index (κ1) is 13.9. The Labute approximate surface area is 115 Å². The van der Waals surface area contributed by atoms with Crippen LogP contribution in [-0.2, 0) is 6.42 Å². The van der Waals surface area contributed by atoms with E-state index >= 15 is 0 Å². The topological polar surface area (TPSA) is 38.9 Å². The second-order valence-corrected chi connectivity index (χ2v) is 6.81. The van der Waals surface area contributed by atoms with Crippen molar-refractivity contribution in [2.75, 3.05) is 0 Å². The van der Waals surface area contributed by atoms with Crippen molar-refractivity contribution in [3.63, 3.8) is 0 Å². The molecule has 2 N–H and O–H groups in total. The number of aryl methyl sites for hydroxylation is 1. The van der Waals surface area contributed by atoms with Gasteiger partial charge in [-0.15, -0.1) is 11.8 Å². The summed E-state index contributed by atoms with van der Waals surface area (Å²) in [4.78, 5) is 4.63. The van der Waals surface area contributed by atoms with Gasteiger partial charge in [-0.25, -0.2) is 4.98 Å². The Morgan fingerprint density at radius 1 is 1.39 bits per heavy atom. The lowest BCUT2D eigenvalue weighted by atomic mass is 10.0. The Bertz CT molecular complexity index is 384. The molecule has 1 aliphatic rings. The molecule has 3 heteroatoms. The van der Waals surface area contributed by atoms with Crippen LogP contribution in [0.3, 0.4) is 0 Å². The van der Waals surface area contributed by atoms with Gasteiger partial charge in [0, 0.05) is 17.5 Å². The maximum Gasteiger partial charge on any atom is 0.0991 e. The number of hydrogen-bond acceptors (Lipinski definition) is 3. The molecule has 0 bridgehead atoms. The average molecular weight is 264 g/mol. The van der Waals surface area contributed by atoms with Gasteiger partial charge < -0.3 is 5.73 Å². The molecule has 2 nitrogen and oxygen atoms in total. The first-order chi connectivity index (χ1) is 8.65. The normalized spacial score (nSPS) is 18.8. The highest BCUT2D eigenvalue weighted by atomic mass is 32.2. The summed E-state index contributed by atoms with van der Waals surface area (Å²) in [6.45, 7) is 4.21. The van der Waals surface area contributed by atoms with Gasteiger partial charge >= 0.3 is 0 Å². The van der Waals surface area contributed by atoms with E-state index in [1.807, 2.05) is 24.9 Å². The molecule has 1 aliphatic carbocycles. The Morgan fingerprint density at radius 2 is 2.11 bits per heavy atom. The SMILES string of the molecule is Cc1cc(CC(C)N)cnc1SC1CCCCC1. The maximum atomic E-state index is 5.83.